The van der Waals surface area contributed by atoms with Crippen LogP contribution in [0.25, 0.3) is 0 Å². The standard InChI is InChI=1S/C14H24N4S/c1-3-8-15-10-12(2)11-19-14-17-16-13-7-5-4-6-9-18(13)14/h15H,2-11H2,1H3. The average Bonchev–Trinajstić information content (AvgIpc) is 2.64. The molecule has 0 unspecified atom stereocenters. The molecule has 1 aliphatic heterocycles. The van der Waals surface area contributed by atoms with Crippen molar-refractivity contribution in [2.45, 2.75) is 50.7 Å². The van der Waals surface area contributed by atoms with E-state index in [2.05, 4.69) is 33.6 Å². The number of nitrogens with one attached hydrogen (secondary N) is 1. The summed E-state index contributed by atoms with van der Waals surface area (Å²) in [5, 5.41) is 13.1. The fourth-order valence-corrected chi connectivity index (χ4v) is 3.11. The fraction of sp³-hybridized carbons (Fsp3) is 0.714. The van der Waals surface area contributed by atoms with Crippen molar-refractivity contribution in [3.63, 3.8) is 0 Å². The smallest absolute Gasteiger partial charge is 0.191 e. The second-order valence-electron chi connectivity index (χ2n) is 5.08. The minimum Gasteiger partial charge on any atom is -0.313 e. The minimum atomic E-state index is 0.905. The van der Waals surface area contributed by atoms with E-state index in [1.807, 2.05) is 0 Å². The van der Waals surface area contributed by atoms with Gasteiger partial charge in [0.05, 0.1) is 0 Å². The molecule has 5 heteroatoms. The van der Waals surface area contributed by atoms with Gasteiger partial charge in [0.25, 0.3) is 0 Å². The van der Waals surface area contributed by atoms with Crippen molar-refractivity contribution in [3.05, 3.63) is 18.0 Å². The number of hydrogen-bond donors (Lipinski definition) is 1. The van der Waals surface area contributed by atoms with E-state index in [-0.39, 0.29) is 0 Å². The van der Waals surface area contributed by atoms with Crippen molar-refractivity contribution in [2.75, 3.05) is 18.8 Å². The molecule has 0 bridgehead atoms. The lowest BCUT2D eigenvalue weighted by molar-refractivity contribution is 0.591. The van der Waals surface area contributed by atoms with Crippen molar-refractivity contribution >= 4 is 11.8 Å². The molecule has 1 aliphatic rings. The molecule has 0 saturated heterocycles. The Kier molecular flexibility index (Phi) is 5.92. The van der Waals surface area contributed by atoms with E-state index in [9.17, 15) is 0 Å². The van der Waals surface area contributed by atoms with Crippen molar-refractivity contribution < 1.29 is 0 Å². The Morgan fingerprint density at radius 3 is 3.11 bits per heavy atom. The zero-order valence-corrected chi connectivity index (χ0v) is 12.6. The van der Waals surface area contributed by atoms with Gasteiger partial charge in [0.2, 0.25) is 0 Å². The molecule has 19 heavy (non-hydrogen) atoms. The van der Waals surface area contributed by atoms with Crippen LogP contribution in [0.1, 0.15) is 38.4 Å². The summed E-state index contributed by atoms with van der Waals surface area (Å²) >= 11 is 1.77. The third-order valence-corrected chi connectivity index (χ3v) is 4.40. The third kappa shape index (κ3) is 4.35. The molecule has 1 aromatic heterocycles. The summed E-state index contributed by atoms with van der Waals surface area (Å²) in [6, 6.07) is 0. The molecule has 0 aliphatic carbocycles. The van der Waals surface area contributed by atoms with Crippen LogP contribution >= 0.6 is 11.8 Å². The zero-order valence-electron chi connectivity index (χ0n) is 11.8. The van der Waals surface area contributed by atoms with Crippen LogP contribution in [0.4, 0.5) is 0 Å². The third-order valence-electron chi connectivity index (χ3n) is 3.28. The lowest BCUT2D eigenvalue weighted by Crippen LogP contribution is -2.18. The van der Waals surface area contributed by atoms with Crippen LogP contribution in [0.3, 0.4) is 0 Å². The van der Waals surface area contributed by atoms with Gasteiger partial charge in [-0.3, -0.25) is 0 Å². The number of aryl methyl sites for hydroxylation is 1. The predicted octanol–water partition coefficient (Wildman–Crippen LogP) is 2.65. The molecule has 0 fully saturated rings. The van der Waals surface area contributed by atoms with Gasteiger partial charge in [-0.1, -0.05) is 37.3 Å². The van der Waals surface area contributed by atoms with E-state index >= 15 is 0 Å². The average molecular weight is 280 g/mol. The van der Waals surface area contributed by atoms with Crippen molar-refractivity contribution in [3.8, 4) is 0 Å². The highest BCUT2D eigenvalue weighted by Gasteiger charge is 2.14. The highest BCUT2D eigenvalue weighted by Crippen LogP contribution is 2.22. The number of hydrogen-bond acceptors (Lipinski definition) is 4. The molecule has 1 N–H and O–H groups in total. The number of thioether (sulfide) groups is 1. The summed E-state index contributed by atoms with van der Waals surface area (Å²) in [5.41, 5.74) is 1.23. The second-order valence-corrected chi connectivity index (χ2v) is 6.02. The molecule has 0 spiro atoms. The summed E-state index contributed by atoms with van der Waals surface area (Å²) in [6.07, 6.45) is 6.04. The van der Waals surface area contributed by atoms with Gasteiger partial charge in [0, 0.05) is 25.3 Å². The molecule has 0 amide bonds. The van der Waals surface area contributed by atoms with Crippen LogP contribution in [0.15, 0.2) is 17.3 Å². The zero-order chi connectivity index (χ0) is 13.5. The first-order valence-corrected chi connectivity index (χ1v) is 8.22. The highest BCUT2D eigenvalue weighted by atomic mass is 32.2. The maximum absolute atomic E-state index is 4.32. The SMILES string of the molecule is C=C(CNCCC)CSc1nnc2n1CCCCC2. The first-order chi connectivity index (χ1) is 9.31. The van der Waals surface area contributed by atoms with Crippen LogP contribution < -0.4 is 5.32 Å². The van der Waals surface area contributed by atoms with E-state index in [1.165, 1.54) is 24.8 Å². The first kappa shape index (κ1) is 14.6. The molecule has 2 rings (SSSR count). The summed E-state index contributed by atoms with van der Waals surface area (Å²) in [4.78, 5) is 0. The molecule has 0 radical (unpaired) electrons. The molecule has 2 heterocycles. The summed E-state index contributed by atoms with van der Waals surface area (Å²) in [5.74, 6) is 2.09. The predicted molar refractivity (Wildman–Crippen MR) is 80.6 cm³/mol. The highest BCUT2D eigenvalue weighted by molar-refractivity contribution is 7.99. The Morgan fingerprint density at radius 1 is 1.37 bits per heavy atom. The normalized spacial score (nSPS) is 15.0. The Balaban J connectivity index is 1.83. The van der Waals surface area contributed by atoms with Crippen molar-refractivity contribution in [1.29, 1.82) is 0 Å². The van der Waals surface area contributed by atoms with Crippen molar-refractivity contribution in [2.24, 2.45) is 0 Å². The number of aromatic nitrogens is 3. The van der Waals surface area contributed by atoms with Crippen LogP contribution in [-0.4, -0.2) is 33.6 Å². The topological polar surface area (TPSA) is 42.7 Å². The molecule has 0 saturated carbocycles. The monoisotopic (exact) mass is 280 g/mol. The van der Waals surface area contributed by atoms with Gasteiger partial charge in [0.1, 0.15) is 5.82 Å². The van der Waals surface area contributed by atoms with Crippen LogP contribution in [-0.2, 0) is 13.0 Å². The second kappa shape index (κ2) is 7.70. The van der Waals surface area contributed by atoms with Gasteiger partial charge in [-0.2, -0.15) is 0 Å². The molecular formula is C14H24N4S. The summed E-state index contributed by atoms with van der Waals surface area (Å²) < 4.78 is 2.30. The largest absolute Gasteiger partial charge is 0.313 e. The van der Waals surface area contributed by atoms with Gasteiger partial charge in [-0.05, 0) is 25.8 Å². The van der Waals surface area contributed by atoms with Crippen LogP contribution in [0, 0.1) is 0 Å². The van der Waals surface area contributed by atoms with Crippen molar-refractivity contribution in [1.82, 2.24) is 20.1 Å². The first-order valence-electron chi connectivity index (χ1n) is 7.23. The maximum Gasteiger partial charge on any atom is 0.191 e. The Morgan fingerprint density at radius 2 is 2.26 bits per heavy atom. The molecule has 4 nitrogen and oxygen atoms in total. The lowest BCUT2D eigenvalue weighted by atomic mass is 10.2. The van der Waals surface area contributed by atoms with Gasteiger partial charge < -0.3 is 9.88 Å². The van der Waals surface area contributed by atoms with Crippen LogP contribution in [0.5, 0.6) is 0 Å². The van der Waals surface area contributed by atoms with E-state index in [0.717, 1.165) is 49.2 Å². The molecule has 106 valence electrons. The molecule has 1 aromatic rings. The summed E-state index contributed by atoms with van der Waals surface area (Å²) in [7, 11) is 0. The quantitative estimate of drug-likeness (QED) is 0.474. The number of fused-ring (bicyclic) bond motifs is 1. The number of rotatable bonds is 7. The van der Waals surface area contributed by atoms with Gasteiger partial charge in [-0.15, -0.1) is 10.2 Å². The molecule has 0 atom stereocenters. The van der Waals surface area contributed by atoms with Crippen LogP contribution in [0.2, 0.25) is 0 Å². The maximum atomic E-state index is 4.32. The van der Waals surface area contributed by atoms with E-state index in [0.29, 0.717) is 0 Å². The fourth-order valence-electron chi connectivity index (χ4n) is 2.22. The summed E-state index contributed by atoms with van der Waals surface area (Å²) in [6.45, 7) is 9.33. The van der Waals surface area contributed by atoms with E-state index in [1.54, 1.807) is 11.8 Å². The van der Waals surface area contributed by atoms with Gasteiger partial charge >= 0.3 is 0 Å². The molecule has 0 aromatic carbocycles. The van der Waals surface area contributed by atoms with E-state index in [4.69, 9.17) is 0 Å². The molecular weight excluding hydrogens is 256 g/mol. The van der Waals surface area contributed by atoms with E-state index < -0.39 is 0 Å². The Labute approximate surface area is 120 Å². The minimum absolute atomic E-state index is 0.905. The van der Waals surface area contributed by atoms with Gasteiger partial charge in [-0.25, -0.2) is 0 Å². The van der Waals surface area contributed by atoms with Gasteiger partial charge in [0.15, 0.2) is 5.16 Å². The number of nitrogens with zero attached hydrogens (tertiary/aromatic N) is 3. The Hall–Kier alpha value is -0.810. The lowest BCUT2D eigenvalue weighted by Gasteiger charge is -2.08. The Bertz CT molecular complexity index is 414.